The van der Waals surface area contributed by atoms with Gasteiger partial charge in [0, 0.05) is 37.9 Å². The van der Waals surface area contributed by atoms with Crippen molar-refractivity contribution in [1.82, 2.24) is 19.8 Å². The largest absolute Gasteiger partial charge is 0.497 e. The Morgan fingerprint density at radius 1 is 1.28 bits per heavy atom. The van der Waals surface area contributed by atoms with Crippen molar-refractivity contribution in [2.45, 2.75) is 31.5 Å². The van der Waals surface area contributed by atoms with Crippen molar-refractivity contribution in [2.24, 2.45) is 0 Å². The molecule has 1 aromatic carbocycles. The van der Waals surface area contributed by atoms with Crippen LogP contribution in [0.2, 0.25) is 0 Å². The maximum absolute atomic E-state index is 13.0. The molecule has 4 rings (SSSR count). The van der Waals surface area contributed by atoms with E-state index in [0.717, 1.165) is 28.8 Å². The van der Waals surface area contributed by atoms with Crippen molar-refractivity contribution in [3.63, 3.8) is 0 Å². The SMILES string of the molecule is COc1cccc(CN2CCC[C@@](O)(CNCc3cnn4ccccc34)C2=O)c1. The maximum atomic E-state index is 13.0. The van der Waals surface area contributed by atoms with Crippen molar-refractivity contribution in [2.75, 3.05) is 20.2 Å². The zero-order chi connectivity index (χ0) is 20.3. The molecule has 0 radical (unpaired) electrons. The molecule has 7 heteroatoms. The second-order valence-electron chi connectivity index (χ2n) is 7.52. The smallest absolute Gasteiger partial charge is 0.256 e. The molecule has 1 saturated heterocycles. The second kappa shape index (κ2) is 8.23. The van der Waals surface area contributed by atoms with Crippen LogP contribution in [-0.4, -0.2) is 51.3 Å². The predicted molar refractivity (Wildman–Crippen MR) is 109 cm³/mol. The molecule has 2 aromatic heterocycles. The highest BCUT2D eigenvalue weighted by Crippen LogP contribution is 2.25. The standard InChI is InChI=1S/C22H26N4O3/c1-29-19-7-4-6-17(12-19)15-25-10-5-9-22(28,21(25)27)16-23-13-18-14-24-26-11-3-2-8-20(18)26/h2-4,6-8,11-12,14,23,28H,5,9-10,13,15-16H2,1H3/t22-/m1/s1. The first-order valence-corrected chi connectivity index (χ1v) is 9.86. The summed E-state index contributed by atoms with van der Waals surface area (Å²) < 4.78 is 7.07. The molecule has 7 nitrogen and oxygen atoms in total. The van der Waals surface area contributed by atoms with Crippen molar-refractivity contribution in [3.8, 4) is 5.75 Å². The Hall–Kier alpha value is -2.90. The van der Waals surface area contributed by atoms with E-state index < -0.39 is 5.60 Å². The molecule has 1 atom stereocenters. The molecule has 1 aliphatic rings. The van der Waals surface area contributed by atoms with Crippen LogP contribution in [0.25, 0.3) is 5.52 Å². The lowest BCUT2D eigenvalue weighted by Crippen LogP contribution is -2.57. The summed E-state index contributed by atoms with van der Waals surface area (Å²) in [7, 11) is 1.62. The molecule has 1 fully saturated rings. The molecule has 1 amide bonds. The van der Waals surface area contributed by atoms with Gasteiger partial charge in [-0.2, -0.15) is 5.10 Å². The number of aliphatic hydroxyl groups is 1. The van der Waals surface area contributed by atoms with Gasteiger partial charge in [0.15, 0.2) is 5.60 Å². The highest BCUT2D eigenvalue weighted by atomic mass is 16.5. The van der Waals surface area contributed by atoms with Gasteiger partial charge in [0.2, 0.25) is 0 Å². The number of pyridine rings is 1. The lowest BCUT2D eigenvalue weighted by Gasteiger charge is -2.38. The summed E-state index contributed by atoms with van der Waals surface area (Å²) in [6.07, 6.45) is 4.93. The van der Waals surface area contributed by atoms with Gasteiger partial charge in [-0.25, -0.2) is 4.52 Å². The van der Waals surface area contributed by atoms with E-state index in [1.807, 2.05) is 59.4 Å². The van der Waals surface area contributed by atoms with Crippen LogP contribution in [0, 0.1) is 0 Å². The lowest BCUT2D eigenvalue weighted by molar-refractivity contribution is -0.157. The van der Waals surface area contributed by atoms with Crippen molar-refractivity contribution < 1.29 is 14.6 Å². The minimum Gasteiger partial charge on any atom is -0.497 e. The van der Waals surface area contributed by atoms with E-state index in [2.05, 4.69) is 10.4 Å². The summed E-state index contributed by atoms with van der Waals surface area (Å²) in [6, 6.07) is 13.6. The third-order valence-corrected chi connectivity index (χ3v) is 5.45. The van der Waals surface area contributed by atoms with Gasteiger partial charge in [0.25, 0.3) is 5.91 Å². The number of piperidine rings is 1. The van der Waals surface area contributed by atoms with Crippen LogP contribution in [0.3, 0.4) is 0 Å². The molecule has 0 unspecified atom stereocenters. The lowest BCUT2D eigenvalue weighted by atomic mass is 9.91. The van der Waals surface area contributed by atoms with Crippen LogP contribution >= 0.6 is 0 Å². The van der Waals surface area contributed by atoms with Crippen molar-refractivity contribution in [1.29, 1.82) is 0 Å². The number of hydrogen-bond acceptors (Lipinski definition) is 5. The number of hydrogen-bond donors (Lipinski definition) is 2. The number of nitrogens with zero attached hydrogens (tertiary/aromatic N) is 3. The van der Waals surface area contributed by atoms with Gasteiger partial charge in [-0.3, -0.25) is 4.79 Å². The fraction of sp³-hybridized carbons (Fsp3) is 0.364. The first-order chi connectivity index (χ1) is 14.1. The average molecular weight is 394 g/mol. The molecule has 0 aliphatic carbocycles. The van der Waals surface area contributed by atoms with E-state index in [1.54, 1.807) is 12.0 Å². The first-order valence-electron chi connectivity index (χ1n) is 9.86. The molecule has 3 aromatic rings. The minimum atomic E-state index is -1.39. The first kappa shape index (κ1) is 19.4. The highest BCUT2D eigenvalue weighted by molar-refractivity contribution is 5.86. The monoisotopic (exact) mass is 394 g/mol. The zero-order valence-electron chi connectivity index (χ0n) is 16.5. The molecule has 152 valence electrons. The van der Waals surface area contributed by atoms with Crippen LogP contribution in [0.5, 0.6) is 5.75 Å². The average Bonchev–Trinajstić information content (AvgIpc) is 3.15. The number of likely N-dealkylation sites (tertiary alicyclic amines) is 1. The van der Waals surface area contributed by atoms with E-state index >= 15 is 0 Å². The number of amides is 1. The summed E-state index contributed by atoms with van der Waals surface area (Å²) in [6.45, 7) is 1.86. The van der Waals surface area contributed by atoms with Crippen LogP contribution in [0.15, 0.2) is 54.9 Å². The number of ether oxygens (including phenoxy) is 1. The van der Waals surface area contributed by atoms with Crippen LogP contribution in [0.4, 0.5) is 0 Å². The number of fused-ring (bicyclic) bond motifs is 1. The van der Waals surface area contributed by atoms with Gasteiger partial charge in [0.05, 0.1) is 18.8 Å². The van der Waals surface area contributed by atoms with Crippen molar-refractivity contribution in [3.05, 3.63) is 66.0 Å². The number of benzene rings is 1. The van der Waals surface area contributed by atoms with E-state index in [1.165, 1.54) is 0 Å². The van der Waals surface area contributed by atoms with Gasteiger partial charge >= 0.3 is 0 Å². The number of carbonyl (C=O) groups excluding carboxylic acids is 1. The van der Waals surface area contributed by atoms with Crippen LogP contribution in [-0.2, 0) is 17.9 Å². The summed E-state index contributed by atoms with van der Waals surface area (Å²) in [5, 5.41) is 18.6. The van der Waals surface area contributed by atoms with Gasteiger partial charge in [-0.05, 0) is 42.7 Å². The van der Waals surface area contributed by atoms with E-state index in [4.69, 9.17) is 4.74 Å². The Morgan fingerprint density at radius 3 is 3.03 bits per heavy atom. The van der Waals surface area contributed by atoms with E-state index in [-0.39, 0.29) is 12.5 Å². The fourth-order valence-electron chi connectivity index (χ4n) is 3.90. The molecule has 1 aliphatic heterocycles. The number of carbonyl (C=O) groups is 1. The van der Waals surface area contributed by atoms with Crippen molar-refractivity contribution >= 4 is 11.4 Å². The fourth-order valence-corrected chi connectivity index (χ4v) is 3.90. The van der Waals surface area contributed by atoms with Gasteiger partial charge in [-0.1, -0.05) is 18.2 Å². The molecule has 2 N–H and O–H groups in total. The third-order valence-electron chi connectivity index (χ3n) is 5.45. The summed E-state index contributed by atoms with van der Waals surface area (Å²) in [5.74, 6) is 0.538. The Balaban J connectivity index is 1.39. The summed E-state index contributed by atoms with van der Waals surface area (Å²) >= 11 is 0. The molecule has 0 saturated carbocycles. The van der Waals surface area contributed by atoms with Crippen LogP contribution in [0.1, 0.15) is 24.0 Å². The number of nitrogens with one attached hydrogen (secondary N) is 1. The Labute approximate surface area is 169 Å². The van der Waals surface area contributed by atoms with Gasteiger partial charge in [-0.15, -0.1) is 0 Å². The molecule has 29 heavy (non-hydrogen) atoms. The summed E-state index contributed by atoms with van der Waals surface area (Å²) in [5.41, 5.74) is 1.65. The Kier molecular flexibility index (Phi) is 5.51. The number of aromatic nitrogens is 2. The van der Waals surface area contributed by atoms with E-state index in [9.17, 15) is 9.90 Å². The van der Waals surface area contributed by atoms with Crippen LogP contribution < -0.4 is 10.1 Å². The molecular weight excluding hydrogens is 368 g/mol. The van der Waals surface area contributed by atoms with E-state index in [0.29, 0.717) is 26.1 Å². The predicted octanol–water partition coefficient (Wildman–Crippen LogP) is 1.99. The molecule has 0 spiro atoms. The number of rotatable bonds is 7. The topological polar surface area (TPSA) is 79.1 Å². The quantitative estimate of drug-likeness (QED) is 0.641. The summed E-state index contributed by atoms with van der Waals surface area (Å²) in [4.78, 5) is 14.7. The van der Waals surface area contributed by atoms with Gasteiger partial charge in [0.1, 0.15) is 5.75 Å². The minimum absolute atomic E-state index is 0.213. The third kappa shape index (κ3) is 4.11. The molecule has 0 bridgehead atoms. The molecular formula is C22H26N4O3. The zero-order valence-corrected chi connectivity index (χ0v) is 16.5. The Bertz CT molecular complexity index is 1000. The van der Waals surface area contributed by atoms with Gasteiger partial charge < -0.3 is 20.1 Å². The molecule has 3 heterocycles. The second-order valence-corrected chi connectivity index (χ2v) is 7.52. The number of methoxy groups -OCH3 is 1. The normalized spacial score (nSPS) is 19.7. The Morgan fingerprint density at radius 2 is 2.17 bits per heavy atom. The highest BCUT2D eigenvalue weighted by Gasteiger charge is 2.41. The maximum Gasteiger partial charge on any atom is 0.256 e.